The number of Topliss-reactive ketones (excluding diaryl/α,β-unsaturated/α-hetero) is 1. The van der Waals surface area contributed by atoms with Crippen LogP contribution in [0.2, 0.25) is 0 Å². The van der Waals surface area contributed by atoms with E-state index >= 15 is 0 Å². The summed E-state index contributed by atoms with van der Waals surface area (Å²) in [5.41, 5.74) is 0. The Labute approximate surface area is 308 Å². The smallest absolute Gasteiger partial charge is 0.383 e. The number of hydrogen-bond donors (Lipinski definition) is 3. The molecule has 3 N–H and O–H groups in total. The number of carbonyl (C=O) groups excluding carboxylic acids is 3. The fourth-order valence-electron chi connectivity index (χ4n) is 6.83. The lowest BCUT2D eigenvalue weighted by Crippen LogP contribution is -2.39. The summed E-state index contributed by atoms with van der Waals surface area (Å²) in [6, 6.07) is 0.156. The summed E-state index contributed by atoms with van der Waals surface area (Å²) in [5.74, 6) is 0.248. The standard InChI is InChI=1S/C37H71N4O9P/c1-28(2)38-20-14-10-12-17-33(42)16-11-8-9-13-18-36(43)40-24-34(49-30(5)6)22-32(40)27-48-51(45,46)50-35-23-31(26-47-7)41(25-35)37(44)19-15-21-39-29(3)4/h28-32,34-35,38-39H,8-27H2,1-7H3,(H,45,46)/t31-,32-,34+,35+/m0/s1. The van der Waals surface area contributed by atoms with Gasteiger partial charge in [0, 0.05) is 58.0 Å². The van der Waals surface area contributed by atoms with Crippen LogP contribution < -0.4 is 10.6 Å². The van der Waals surface area contributed by atoms with Crippen LogP contribution in [0.5, 0.6) is 0 Å². The Morgan fingerprint density at radius 1 is 0.706 bits per heavy atom. The van der Waals surface area contributed by atoms with Gasteiger partial charge in [0.25, 0.3) is 0 Å². The van der Waals surface area contributed by atoms with Crippen molar-refractivity contribution < 1.29 is 42.4 Å². The molecule has 2 aliphatic rings. The molecule has 0 bridgehead atoms. The van der Waals surface area contributed by atoms with Gasteiger partial charge in [-0.1, -0.05) is 47.0 Å². The molecule has 0 aromatic rings. The van der Waals surface area contributed by atoms with Crippen molar-refractivity contribution in [1.82, 2.24) is 20.4 Å². The summed E-state index contributed by atoms with van der Waals surface area (Å²) >= 11 is 0. The van der Waals surface area contributed by atoms with E-state index in [4.69, 9.17) is 18.5 Å². The van der Waals surface area contributed by atoms with Crippen molar-refractivity contribution in [1.29, 1.82) is 0 Å². The zero-order valence-corrected chi connectivity index (χ0v) is 33.6. The number of rotatable bonds is 28. The zero-order valence-electron chi connectivity index (χ0n) is 32.7. The largest absolute Gasteiger partial charge is 0.472 e. The van der Waals surface area contributed by atoms with Gasteiger partial charge in [0.15, 0.2) is 0 Å². The number of carbonyl (C=O) groups is 3. The lowest BCUT2D eigenvalue weighted by molar-refractivity contribution is -0.133. The highest BCUT2D eigenvalue weighted by Gasteiger charge is 2.41. The molecule has 0 spiro atoms. The molecule has 0 radical (unpaired) electrons. The van der Waals surface area contributed by atoms with E-state index in [0.29, 0.717) is 82.4 Å². The topological polar surface area (TPSA) is 156 Å². The second-order valence-electron chi connectivity index (χ2n) is 15.2. The third kappa shape index (κ3) is 19.5. The molecule has 0 saturated carbocycles. The van der Waals surface area contributed by atoms with Gasteiger partial charge in [-0.25, -0.2) is 4.57 Å². The normalized spacial score (nSPS) is 22.1. The fraction of sp³-hybridized carbons (Fsp3) is 0.919. The van der Waals surface area contributed by atoms with Crippen LogP contribution in [0, 0.1) is 0 Å². The highest BCUT2D eigenvalue weighted by molar-refractivity contribution is 7.47. The number of ketones is 1. The molecule has 51 heavy (non-hydrogen) atoms. The predicted molar refractivity (Wildman–Crippen MR) is 199 cm³/mol. The number of likely N-dealkylation sites (tertiary alicyclic amines) is 2. The molecule has 0 aromatic carbocycles. The van der Waals surface area contributed by atoms with E-state index in [1.54, 1.807) is 16.9 Å². The van der Waals surface area contributed by atoms with E-state index in [-0.39, 0.29) is 43.2 Å². The minimum atomic E-state index is -4.49. The molecule has 0 aliphatic carbocycles. The van der Waals surface area contributed by atoms with Gasteiger partial charge in [0.1, 0.15) is 5.78 Å². The molecule has 2 saturated heterocycles. The van der Waals surface area contributed by atoms with Gasteiger partial charge in [-0.15, -0.1) is 0 Å². The number of hydrogen-bond acceptors (Lipinski definition) is 10. The summed E-state index contributed by atoms with van der Waals surface area (Å²) in [6.07, 6.45) is 9.03. The summed E-state index contributed by atoms with van der Waals surface area (Å²) in [7, 11) is -2.93. The molecule has 2 rings (SSSR count). The van der Waals surface area contributed by atoms with Crippen LogP contribution in [0.1, 0.15) is 131 Å². The van der Waals surface area contributed by atoms with Crippen molar-refractivity contribution in [2.45, 2.75) is 174 Å². The molecule has 5 atom stereocenters. The van der Waals surface area contributed by atoms with E-state index in [0.717, 1.165) is 51.6 Å². The van der Waals surface area contributed by atoms with Gasteiger partial charge >= 0.3 is 7.82 Å². The van der Waals surface area contributed by atoms with Crippen LogP contribution in [0.3, 0.4) is 0 Å². The van der Waals surface area contributed by atoms with Crippen molar-refractivity contribution in [3.63, 3.8) is 0 Å². The first-order valence-electron chi connectivity index (χ1n) is 19.6. The summed E-state index contributed by atoms with van der Waals surface area (Å²) in [4.78, 5) is 52.7. The molecular weight excluding hydrogens is 675 g/mol. The van der Waals surface area contributed by atoms with Crippen LogP contribution >= 0.6 is 7.82 Å². The van der Waals surface area contributed by atoms with Crippen LogP contribution in [0.15, 0.2) is 0 Å². The number of phosphoric ester groups is 1. The Kier molecular flexibility index (Phi) is 22.2. The van der Waals surface area contributed by atoms with E-state index < -0.39 is 20.0 Å². The van der Waals surface area contributed by atoms with Crippen molar-refractivity contribution in [3.8, 4) is 0 Å². The Hall–Kier alpha value is -1.44. The van der Waals surface area contributed by atoms with Gasteiger partial charge < -0.3 is 34.8 Å². The van der Waals surface area contributed by atoms with Crippen molar-refractivity contribution in [2.75, 3.05) is 46.5 Å². The van der Waals surface area contributed by atoms with Crippen LogP contribution in [0.25, 0.3) is 0 Å². The van der Waals surface area contributed by atoms with Crippen molar-refractivity contribution >= 4 is 25.4 Å². The minimum absolute atomic E-state index is 0.0250. The summed E-state index contributed by atoms with van der Waals surface area (Å²) < 4.78 is 35.6. The van der Waals surface area contributed by atoms with Crippen LogP contribution in [0.4, 0.5) is 0 Å². The molecular formula is C37H71N4O9P. The molecule has 2 fully saturated rings. The van der Waals surface area contributed by atoms with Gasteiger partial charge in [-0.3, -0.25) is 23.4 Å². The Balaban J connectivity index is 1.79. The third-order valence-corrected chi connectivity index (χ3v) is 10.4. The first kappa shape index (κ1) is 45.7. The molecule has 2 amide bonds. The number of ether oxygens (including phenoxy) is 2. The highest BCUT2D eigenvalue weighted by Crippen LogP contribution is 2.47. The molecule has 2 heterocycles. The SMILES string of the molecule is COC[C@@H]1C[C@@H](OP(=O)(O)OC[C@@H]2C[C@@H](OC(C)C)CN2C(=O)CCCCCCC(=O)CCCCCNC(C)C)CN1C(=O)CCCNC(C)C. The second kappa shape index (κ2) is 24.8. The Morgan fingerprint density at radius 3 is 1.76 bits per heavy atom. The maximum absolute atomic E-state index is 13.3. The number of amides is 2. The minimum Gasteiger partial charge on any atom is -0.383 e. The molecule has 13 nitrogen and oxygen atoms in total. The van der Waals surface area contributed by atoms with Gasteiger partial charge in [-0.2, -0.15) is 0 Å². The average Bonchev–Trinajstić information content (AvgIpc) is 3.64. The maximum Gasteiger partial charge on any atom is 0.472 e. The third-order valence-electron chi connectivity index (χ3n) is 9.33. The zero-order chi connectivity index (χ0) is 37.8. The fourth-order valence-corrected chi connectivity index (χ4v) is 7.79. The van der Waals surface area contributed by atoms with Crippen molar-refractivity contribution in [2.24, 2.45) is 0 Å². The first-order chi connectivity index (χ1) is 24.2. The summed E-state index contributed by atoms with van der Waals surface area (Å²) in [5, 5.41) is 6.71. The first-order valence-corrected chi connectivity index (χ1v) is 21.1. The molecule has 2 aliphatic heterocycles. The lowest BCUT2D eigenvalue weighted by Gasteiger charge is -2.26. The monoisotopic (exact) mass is 746 g/mol. The summed E-state index contributed by atoms with van der Waals surface area (Å²) in [6.45, 7) is 14.7. The average molecular weight is 747 g/mol. The molecule has 1 unspecified atom stereocenters. The van der Waals surface area contributed by atoms with E-state index in [9.17, 15) is 23.8 Å². The van der Waals surface area contributed by atoms with E-state index in [2.05, 4.69) is 38.3 Å². The Morgan fingerprint density at radius 2 is 1.20 bits per heavy atom. The van der Waals surface area contributed by atoms with E-state index in [1.807, 2.05) is 13.8 Å². The molecule has 14 heteroatoms. The highest BCUT2D eigenvalue weighted by atomic mass is 31.2. The quantitative estimate of drug-likeness (QED) is 0.0699. The van der Waals surface area contributed by atoms with Crippen LogP contribution in [-0.2, 0) is 37.5 Å². The van der Waals surface area contributed by atoms with Crippen molar-refractivity contribution in [3.05, 3.63) is 0 Å². The molecule has 0 aromatic heterocycles. The number of methoxy groups -OCH3 is 1. The maximum atomic E-state index is 13.3. The van der Waals surface area contributed by atoms with E-state index in [1.165, 1.54) is 0 Å². The number of unbranched alkanes of at least 4 members (excludes halogenated alkanes) is 5. The predicted octanol–water partition coefficient (Wildman–Crippen LogP) is 5.38. The second-order valence-corrected chi connectivity index (χ2v) is 16.6. The lowest BCUT2D eigenvalue weighted by atomic mass is 10.0. The van der Waals surface area contributed by atoms with Gasteiger partial charge in [0.05, 0.1) is 43.6 Å². The van der Waals surface area contributed by atoms with Gasteiger partial charge in [-0.05, 0) is 71.9 Å². The van der Waals surface area contributed by atoms with Gasteiger partial charge in [0.2, 0.25) is 11.8 Å². The molecule has 298 valence electrons. The Bertz CT molecular complexity index is 1060. The number of nitrogens with one attached hydrogen (secondary N) is 2. The number of phosphoric acid groups is 1. The van der Waals surface area contributed by atoms with Crippen LogP contribution in [-0.4, -0.2) is 121 Å². The number of nitrogens with zero attached hydrogens (tertiary/aromatic N) is 2.